The summed E-state index contributed by atoms with van der Waals surface area (Å²) in [6.07, 6.45) is 6.90. The van der Waals surface area contributed by atoms with Crippen LogP contribution in [0.4, 0.5) is 0 Å². The Balaban J connectivity index is 1.89. The number of rotatable bonds is 2. The minimum absolute atomic E-state index is 0.208. The lowest BCUT2D eigenvalue weighted by Crippen LogP contribution is -2.12. The Morgan fingerprint density at radius 1 is 0.783 bits per heavy atom. The largest absolute Gasteiger partial charge is 0.289 e. The number of ketones is 1. The van der Waals surface area contributed by atoms with Gasteiger partial charge in [0, 0.05) is 11.1 Å². The fourth-order valence-corrected chi connectivity index (χ4v) is 3.10. The summed E-state index contributed by atoms with van der Waals surface area (Å²) in [5, 5.41) is 0. The van der Waals surface area contributed by atoms with Gasteiger partial charge < -0.3 is 0 Å². The second kappa shape index (κ2) is 6.78. The summed E-state index contributed by atoms with van der Waals surface area (Å²) >= 11 is 0. The van der Waals surface area contributed by atoms with E-state index >= 15 is 0 Å². The zero-order valence-electron chi connectivity index (χ0n) is 13.8. The second-order valence-corrected chi connectivity index (χ2v) is 6.35. The summed E-state index contributed by atoms with van der Waals surface area (Å²) in [4.78, 5) is 12.8. The number of allylic oxidation sites excluding steroid dienone is 2. The number of benzene rings is 2. The quantitative estimate of drug-likeness (QED) is 0.667. The van der Waals surface area contributed by atoms with Crippen molar-refractivity contribution in [2.75, 3.05) is 0 Å². The Kier molecular flexibility index (Phi) is 4.57. The zero-order chi connectivity index (χ0) is 16.2. The molecule has 1 nitrogen and oxygen atoms in total. The topological polar surface area (TPSA) is 17.1 Å². The molecule has 0 atom stereocenters. The highest BCUT2D eigenvalue weighted by molar-refractivity contribution is 6.13. The number of hydrogen-bond donors (Lipinski definition) is 0. The molecule has 1 fully saturated rings. The molecule has 2 aromatic carbocycles. The maximum absolute atomic E-state index is 12.8. The lowest BCUT2D eigenvalue weighted by atomic mass is 9.86. The highest BCUT2D eigenvalue weighted by Gasteiger charge is 2.20. The lowest BCUT2D eigenvalue weighted by Gasteiger charge is -2.16. The normalized spacial score (nSPS) is 18.6. The first-order valence-corrected chi connectivity index (χ1v) is 8.21. The van der Waals surface area contributed by atoms with Crippen LogP contribution in [0.1, 0.15) is 41.5 Å². The molecule has 0 aliphatic heterocycles. The predicted octanol–water partition coefficient (Wildman–Crippen LogP) is 5.52. The summed E-state index contributed by atoms with van der Waals surface area (Å²) in [5.41, 5.74) is 6.54. The smallest absolute Gasteiger partial charge is 0.185 e. The van der Waals surface area contributed by atoms with Gasteiger partial charge in [0.2, 0.25) is 0 Å². The minimum Gasteiger partial charge on any atom is -0.289 e. The summed E-state index contributed by atoms with van der Waals surface area (Å²) < 4.78 is 0. The molecule has 1 heteroatoms. The first-order chi connectivity index (χ1) is 11.1. The van der Waals surface area contributed by atoms with E-state index in [0.717, 1.165) is 41.5 Å². The molecule has 0 unspecified atom stereocenters. The highest BCUT2D eigenvalue weighted by atomic mass is 16.1. The number of carbonyl (C=O) groups excluding carboxylic acids is 1. The van der Waals surface area contributed by atoms with Crippen LogP contribution in [-0.2, 0) is 4.79 Å². The molecule has 0 bridgehead atoms. The van der Waals surface area contributed by atoms with Crippen LogP contribution in [0.2, 0.25) is 0 Å². The molecule has 0 radical (unpaired) electrons. The SMILES string of the molecule is Cc1cccc(/C=C2/CCC/C(=C\c3cccc(C)c3)C2=O)c1. The maximum Gasteiger partial charge on any atom is 0.185 e. The van der Waals surface area contributed by atoms with Crippen molar-refractivity contribution in [3.63, 3.8) is 0 Å². The van der Waals surface area contributed by atoms with Gasteiger partial charge in [-0.1, -0.05) is 59.7 Å². The van der Waals surface area contributed by atoms with Crippen molar-refractivity contribution in [2.45, 2.75) is 33.1 Å². The molecule has 0 heterocycles. The van der Waals surface area contributed by atoms with Crippen molar-refractivity contribution in [2.24, 2.45) is 0 Å². The van der Waals surface area contributed by atoms with Crippen molar-refractivity contribution in [3.05, 3.63) is 81.9 Å². The summed E-state index contributed by atoms with van der Waals surface area (Å²) in [6.45, 7) is 4.15. The van der Waals surface area contributed by atoms with Gasteiger partial charge in [-0.2, -0.15) is 0 Å². The third-order valence-electron chi connectivity index (χ3n) is 4.24. The van der Waals surface area contributed by atoms with E-state index in [0.29, 0.717) is 0 Å². The fourth-order valence-electron chi connectivity index (χ4n) is 3.10. The zero-order valence-corrected chi connectivity index (χ0v) is 13.8. The van der Waals surface area contributed by atoms with E-state index in [1.54, 1.807) is 0 Å². The molecule has 0 spiro atoms. The van der Waals surface area contributed by atoms with Gasteiger partial charge in [0.05, 0.1) is 0 Å². The van der Waals surface area contributed by atoms with Gasteiger partial charge in [-0.3, -0.25) is 4.79 Å². The Morgan fingerprint density at radius 2 is 1.26 bits per heavy atom. The first kappa shape index (κ1) is 15.5. The van der Waals surface area contributed by atoms with Crippen molar-refractivity contribution in [1.29, 1.82) is 0 Å². The molecular formula is C22H22O. The molecule has 0 N–H and O–H groups in total. The minimum atomic E-state index is 0.208. The molecular weight excluding hydrogens is 280 g/mol. The van der Waals surface area contributed by atoms with Gasteiger partial charge in [0.15, 0.2) is 5.78 Å². The van der Waals surface area contributed by atoms with Crippen LogP contribution in [0.3, 0.4) is 0 Å². The number of carbonyl (C=O) groups is 1. The number of hydrogen-bond acceptors (Lipinski definition) is 1. The molecule has 1 saturated carbocycles. The highest BCUT2D eigenvalue weighted by Crippen LogP contribution is 2.28. The molecule has 0 aromatic heterocycles. The summed E-state index contributed by atoms with van der Waals surface area (Å²) in [6, 6.07) is 16.6. The van der Waals surface area contributed by atoms with Crippen LogP contribution in [0.15, 0.2) is 59.7 Å². The maximum atomic E-state index is 12.8. The number of Topliss-reactive ketones (excluding diaryl/α,β-unsaturated/α-hetero) is 1. The van der Waals surface area contributed by atoms with E-state index in [1.807, 2.05) is 12.1 Å². The fraction of sp³-hybridized carbons (Fsp3) is 0.227. The van der Waals surface area contributed by atoms with E-state index in [4.69, 9.17) is 0 Å². The predicted molar refractivity (Wildman–Crippen MR) is 97.2 cm³/mol. The molecule has 1 aliphatic rings. The van der Waals surface area contributed by atoms with Crippen molar-refractivity contribution in [1.82, 2.24) is 0 Å². The number of aryl methyl sites for hydroxylation is 2. The average Bonchev–Trinajstić information content (AvgIpc) is 2.51. The van der Waals surface area contributed by atoms with Crippen LogP contribution in [0.25, 0.3) is 12.2 Å². The van der Waals surface area contributed by atoms with Crippen LogP contribution in [0.5, 0.6) is 0 Å². The van der Waals surface area contributed by atoms with Crippen molar-refractivity contribution in [3.8, 4) is 0 Å². The Morgan fingerprint density at radius 3 is 1.70 bits per heavy atom. The van der Waals surface area contributed by atoms with Gasteiger partial charge in [0.1, 0.15) is 0 Å². The molecule has 23 heavy (non-hydrogen) atoms. The summed E-state index contributed by atoms with van der Waals surface area (Å²) in [7, 11) is 0. The van der Waals surface area contributed by atoms with E-state index in [1.165, 1.54) is 11.1 Å². The van der Waals surface area contributed by atoms with E-state index in [2.05, 4.69) is 62.4 Å². The molecule has 116 valence electrons. The van der Waals surface area contributed by atoms with Crippen LogP contribution in [-0.4, -0.2) is 5.78 Å². The third-order valence-corrected chi connectivity index (χ3v) is 4.24. The molecule has 2 aromatic rings. The first-order valence-electron chi connectivity index (χ1n) is 8.21. The second-order valence-electron chi connectivity index (χ2n) is 6.35. The lowest BCUT2D eigenvalue weighted by molar-refractivity contribution is -0.112. The van der Waals surface area contributed by atoms with E-state index in [-0.39, 0.29) is 5.78 Å². The van der Waals surface area contributed by atoms with Gasteiger partial charge in [0.25, 0.3) is 0 Å². The van der Waals surface area contributed by atoms with Crippen LogP contribution in [0, 0.1) is 13.8 Å². The molecule has 0 amide bonds. The van der Waals surface area contributed by atoms with Gasteiger partial charge >= 0.3 is 0 Å². The third kappa shape index (κ3) is 3.87. The van der Waals surface area contributed by atoms with Gasteiger partial charge in [-0.25, -0.2) is 0 Å². The van der Waals surface area contributed by atoms with E-state index in [9.17, 15) is 4.79 Å². The van der Waals surface area contributed by atoms with Gasteiger partial charge in [-0.05, 0) is 56.4 Å². The Hall–Kier alpha value is -2.41. The van der Waals surface area contributed by atoms with Crippen LogP contribution >= 0.6 is 0 Å². The standard InChI is InChI=1S/C22H22O/c1-16-6-3-8-18(12-16)14-20-10-5-11-21(22(20)23)15-19-9-4-7-17(2)13-19/h3-4,6-9,12-15H,5,10-11H2,1-2H3/b20-14-,21-15+. The van der Waals surface area contributed by atoms with Crippen LogP contribution < -0.4 is 0 Å². The average molecular weight is 302 g/mol. The van der Waals surface area contributed by atoms with Crippen molar-refractivity contribution >= 4 is 17.9 Å². The monoisotopic (exact) mass is 302 g/mol. The van der Waals surface area contributed by atoms with E-state index < -0.39 is 0 Å². The van der Waals surface area contributed by atoms with Gasteiger partial charge in [-0.15, -0.1) is 0 Å². The Labute approximate surface area is 138 Å². The molecule has 1 aliphatic carbocycles. The molecule has 0 saturated heterocycles. The summed E-state index contributed by atoms with van der Waals surface area (Å²) in [5.74, 6) is 0.208. The molecule has 3 rings (SSSR count). The van der Waals surface area contributed by atoms with Crippen molar-refractivity contribution < 1.29 is 4.79 Å². The Bertz CT molecular complexity index is 728.